The van der Waals surface area contributed by atoms with Crippen molar-refractivity contribution >= 4 is 0 Å². The van der Waals surface area contributed by atoms with Gasteiger partial charge in [0.05, 0.1) is 12.7 Å². The summed E-state index contributed by atoms with van der Waals surface area (Å²) < 4.78 is 5.22. The zero-order valence-corrected chi connectivity index (χ0v) is 11.1. The molecular formula is C13H25N3O. The number of nitrogens with one attached hydrogen (secondary N) is 1. The molecule has 1 rings (SSSR count). The van der Waals surface area contributed by atoms with Gasteiger partial charge >= 0.3 is 0 Å². The number of hydrogen-bond donors (Lipinski definition) is 1. The van der Waals surface area contributed by atoms with Crippen LogP contribution >= 0.6 is 0 Å². The summed E-state index contributed by atoms with van der Waals surface area (Å²) in [5, 5.41) is 12.4. The summed E-state index contributed by atoms with van der Waals surface area (Å²) in [5.74, 6) is 0.638. The van der Waals surface area contributed by atoms with Crippen molar-refractivity contribution in [3.8, 4) is 6.07 Å². The van der Waals surface area contributed by atoms with Crippen molar-refractivity contribution in [2.75, 3.05) is 39.9 Å². The zero-order valence-electron chi connectivity index (χ0n) is 11.1. The van der Waals surface area contributed by atoms with Crippen LogP contribution in [-0.2, 0) is 4.74 Å². The van der Waals surface area contributed by atoms with Gasteiger partial charge in [-0.2, -0.15) is 5.26 Å². The minimum atomic E-state index is -0.0313. The van der Waals surface area contributed by atoms with Crippen LogP contribution in [0.25, 0.3) is 0 Å². The molecule has 1 N–H and O–H groups in total. The van der Waals surface area contributed by atoms with Crippen LogP contribution in [0, 0.1) is 17.2 Å². The van der Waals surface area contributed by atoms with Crippen LogP contribution in [0.4, 0.5) is 0 Å². The van der Waals surface area contributed by atoms with Crippen LogP contribution in [0.3, 0.4) is 0 Å². The number of nitrogens with zero attached hydrogens (tertiary/aromatic N) is 2. The van der Waals surface area contributed by atoms with Gasteiger partial charge < -0.3 is 15.0 Å². The van der Waals surface area contributed by atoms with Crippen LogP contribution in [0.5, 0.6) is 0 Å². The average Bonchev–Trinajstić information content (AvgIpc) is 2.35. The molecule has 0 aromatic carbocycles. The third kappa shape index (κ3) is 5.49. The molecule has 0 aromatic rings. The Kier molecular flexibility index (Phi) is 7.18. The van der Waals surface area contributed by atoms with Crippen LogP contribution < -0.4 is 5.32 Å². The molecule has 0 spiro atoms. The SMILES string of the molecule is CCCNC(C#N)CN1CCCC(COC)C1. The molecule has 0 aromatic heterocycles. The van der Waals surface area contributed by atoms with Crippen molar-refractivity contribution in [2.45, 2.75) is 32.2 Å². The van der Waals surface area contributed by atoms with Gasteiger partial charge in [0.2, 0.25) is 0 Å². The van der Waals surface area contributed by atoms with Gasteiger partial charge in [0.15, 0.2) is 0 Å². The lowest BCUT2D eigenvalue weighted by molar-refractivity contribution is 0.0884. The summed E-state index contributed by atoms with van der Waals surface area (Å²) in [6.07, 6.45) is 3.55. The highest BCUT2D eigenvalue weighted by atomic mass is 16.5. The number of methoxy groups -OCH3 is 1. The summed E-state index contributed by atoms with van der Waals surface area (Å²) >= 11 is 0. The largest absolute Gasteiger partial charge is 0.384 e. The van der Waals surface area contributed by atoms with Crippen LogP contribution in [0.1, 0.15) is 26.2 Å². The molecule has 2 atom stereocenters. The minimum Gasteiger partial charge on any atom is -0.384 e. The first-order valence-electron chi connectivity index (χ1n) is 6.64. The highest BCUT2D eigenvalue weighted by Gasteiger charge is 2.21. The quantitative estimate of drug-likeness (QED) is 0.726. The fourth-order valence-electron chi connectivity index (χ4n) is 2.42. The number of piperidine rings is 1. The fraction of sp³-hybridized carbons (Fsp3) is 0.923. The number of ether oxygens (including phenoxy) is 1. The first kappa shape index (κ1) is 14.4. The molecule has 2 unspecified atom stereocenters. The van der Waals surface area contributed by atoms with E-state index < -0.39 is 0 Å². The van der Waals surface area contributed by atoms with Gasteiger partial charge in [-0.15, -0.1) is 0 Å². The molecule has 98 valence electrons. The topological polar surface area (TPSA) is 48.3 Å². The van der Waals surface area contributed by atoms with E-state index in [1.54, 1.807) is 7.11 Å². The van der Waals surface area contributed by atoms with Crippen LogP contribution in [-0.4, -0.2) is 50.8 Å². The van der Waals surface area contributed by atoms with Crippen molar-refractivity contribution in [3.05, 3.63) is 0 Å². The second-order valence-electron chi connectivity index (χ2n) is 4.86. The molecule has 0 aliphatic carbocycles. The van der Waals surface area contributed by atoms with Gasteiger partial charge in [-0.1, -0.05) is 6.92 Å². The Morgan fingerprint density at radius 1 is 1.59 bits per heavy atom. The Labute approximate surface area is 105 Å². The van der Waals surface area contributed by atoms with Gasteiger partial charge in [0, 0.05) is 20.2 Å². The fourth-order valence-corrected chi connectivity index (χ4v) is 2.42. The number of hydrogen-bond acceptors (Lipinski definition) is 4. The Morgan fingerprint density at radius 3 is 3.06 bits per heavy atom. The van der Waals surface area contributed by atoms with Gasteiger partial charge in [-0.3, -0.25) is 0 Å². The van der Waals surface area contributed by atoms with E-state index in [-0.39, 0.29) is 6.04 Å². The number of likely N-dealkylation sites (tertiary alicyclic amines) is 1. The summed E-state index contributed by atoms with van der Waals surface area (Å²) in [6.45, 7) is 6.92. The monoisotopic (exact) mass is 239 g/mol. The van der Waals surface area contributed by atoms with Crippen molar-refractivity contribution in [1.82, 2.24) is 10.2 Å². The molecule has 0 amide bonds. The van der Waals surface area contributed by atoms with Crippen molar-refractivity contribution < 1.29 is 4.74 Å². The van der Waals surface area contributed by atoms with E-state index >= 15 is 0 Å². The highest BCUT2D eigenvalue weighted by molar-refractivity contribution is 4.92. The average molecular weight is 239 g/mol. The molecule has 1 aliphatic rings. The van der Waals surface area contributed by atoms with Crippen molar-refractivity contribution in [3.63, 3.8) is 0 Å². The second-order valence-corrected chi connectivity index (χ2v) is 4.86. The lowest BCUT2D eigenvalue weighted by atomic mass is 9.98. The van der Waals surface area contributed by atoms with E-state index in [4.69, 9.17) is 10.00 Å². The highest BCUT2D eigenvalue weighted by Crippen LogP contribution is 2.16. The summed E-state index contributed by atoms with van der Waals surface area (Å²) in [5.41, 5.74) is 0. The first-order valence-corrected chi connectivity index (χ1v) is 6.64. The molecule has 1 fully saturated rings. The first-order chi connectivity index (χ1) is 8.30. The molecular weight excluding hydrogens is 214 g/mol. The Balaban J connectivity index is 2.31. The van der Waals surface area contributed by atoms with E-state index in [1.165, 1.54) is 12.8 Å². The summed E-state index contributed by atoms with van der Waals surface area (Å²) in [4.78, 5) is 2.39. The zero-order chi connectivity index (χ0) is 12.5. The van der Waals surface area contributed by atoms with E-state index in [0.717, 1.165) is 39.2 Å². The number of rotatable bonds is 7. The molecule has 1 heterocycles. The lowest BCUT2D eigenvalue weighted by Crippen LogP contribution is -2.45. The standard InChI is InChI=1S/C13H25N3O/c1-3-6-15-13(8-14)10-16-7-4-5-12(9-16)11-17-2/h12-13,15H,3-7,9-11H2,1-2H3. The maximum atomic E-state index is 9.09. The maximum absolute atomic E-state index is 9.09. The van der Waals surface area contributed by atoms with Gasteiger partial charge in [-0.05, 0) is 38.3 Å². The van der Waals surface area contributed by atoms with Gasteiger partial charge in [-0.25, -0.2) is 0 Å². The number of nitriles is 1. The third-order valence-corrected chi connectivity index (χ3v) is 3.24. The smallest absolute Gasteiger partial charge is 0.108 e. The van der Waals surface area contributed by atoms with Gasteiger partial charge in [0.25, 0.3) is 0 Å². The molecule has 4 heteroatoms. The van der Waals surface area contributed by atoms with E-state index in [1.807, 2.05) is 0 Å². The Morgan fingerprint density at radius 2 is 2.41 bits per heavy atom. The Hall–Kier alpha value is -0.630. The van der Waals surface area contributed by atoms with E-state index in [9.17, 15) is 0 Å². The van der Waals surface area contributed by atoms with Crippen LogP contribution in [0.15, 0.2) is 0 Å². The molecule has 1 saturated heterocycles. The van der Waals surface area contributed by atoms with Crippen molar-refractivity contribution in [1.29, 1.82) is 5.26 Å². The lowest BCUT2D eigenvalue weighted by Gasteiger charge is -2.33. The molecule has 4 nitrogen and oxygen atoms in total. The molecule has 0 radical (unpaired) electrons. The Bertz CT molecular complexity index is 237. The third-order valence-electron chi connectivity index (χ3n) is 3.24. The van der Waals surface area contributed by atoms with Gasteiger partial charge in [0.1, 0.15) is 6.04 Å². The predicted octanol–water partition coefficient (Wildman–Crippen LogP) is 1.24. The second kappa shape index (κ2) is 8.46. The molecule has 0 saturated carbocycles. The summed E-state index contributed by atoms with van der Waals surface area (Å²) in [6, 6.07) is 2.32. The summed E-state index contributed by atoms with van der Waals surface area (Å²) in [7, 11) is 1.76. The van der Waals surface area contributed by atoms with Crippen LogP contribution in [0.2, 0.25) is 0 Å². The molecule has 0 bridgehead atoms. The van der Waals surface area contributed by atoms with Crippen molar-refractivity contribution in [2.24, 2.45) is 5.92 Å². The minimum absolute atomic E-state index is 0.0313. The van der Waals surface area contributed by atoms with E-state index in [0.29, 0.717) is 5.92 Å². The normalized spacial score (nSPS) is 23.2. The predicted molar refractivity (Wildman–Crippen MR) is 68.7 cm³/mol. The maximum Gasteiger partial charge on any atom is 0.108 e. The molecule has 1 aliphatic heterocycles. The molecule has 17 heavy (non-hydrogen) atoms. The van der Waals surface area contributed by atoms with E-state index in [2.05, 4.69) is 23.2 Å².